The second kappa shape index (κ2) is 5.11. The van der Waals surface area contributed by atoms with E-state index in [2.05, 4.69) is 43.2 Å². The van der Waals surface area contributed by atoms with E-state index in [0.29, 0.717) is 12.0 Å². The van der Waals surface area contributed by atoms with Crippen LogP contribution in [0.15, 0.2) is 18.2 Å². The highest BCUT2D eigenvalue weighted by atomic mass is 14.9. The van der Waals surface area contributed by atoms with Crippen LogP contribution in [0.2, 0.25) is 0 Å². The lowest BCUT2D eigenvalue weighted by atomic mass is 10.0. The molecular weight excluding hydrogens is 172 g/mol. The quantitative estimate of drug-likeness (QED) is 0.793. The fourth-order valence-corrected chi connectivity index (χ4v) is 1.64. The summed E-state index contributed by atoms with van der Waals surface area (Å²) in [6, 6.07) is 6.58. The minimum atomic E-state index is 0.375. The van der Waals surface area contributed by atoms with Gasteiger partial charge in [0.15, 0.2) is 0 Å². The third kappa shape index (κ3) is 2.81. The van der Waals surface area contributed by atoms with Crippen LogP contribution in [-0.2, 0) is 0 Å². The van der Waals surface area contributed by atoms with Gasteiger partial charge in [0.05, 0.1) is 11.7 Å². The largest absolute Gasteiger partial charge is 0.309 e. The van der Waals surface area contributed by atoms with Crippen molar-refractivity contribution < 1.29 is 0 Å². The van der Waals surface area contributed by atoms with E-state index < -0.39 is 0 Å². The van der Waals surface area contributed by atoms with E-state index in [-0.39, 0.29) is 0 Å². The molecule has 0 saturated carbocycles. The molecule has 0 aromatic carbocycles. The zero-order chi connectivity index (χ0) is 10.6. The number of pyridine rings is 1. The maximum Gasteiger partial charge on any atom is 0.0578 e. The highest BCUT2D eigenvalue weighted by Crippen LogP contribution is 2.19. The first-order valence-electron chi connectivity index (χ1n) is 5.32. The summed E-state index contributed by atoms with van der Waals surface area (Å²) in [6.45, 7) is 9.59. The number of nitrogens with one attached hydrogen (secondary N) is 1. The van der Waals surface area contributed by atoms with Gasteiger partial charge in [0, 0.05) is 5.69 Å². The van der Waals surface area contributed by atoms with Crippen molar-refractivity contribution in [3.05, 3.63) is 29.6 Å². The number of aryl methyl sites for hydroxylation is 1. The summed E-state index contributed by atoms with van der Waals surface area (Å²) in [4.78, 5) is 4.55. The third-order valence-corrected chi connectivity index (χ3v) is 2.32. The van der Waals surface area contributed by atoms with Crippen molar-refractivity contribution in [3.63, 3.8) is 0 Å². The third-order valence-electron chi connectivity index (χ3n) is 2.32. The Morgan fingerprint density at radius 2 is 2.07 bits per heavy atom. The van der Waals surface area contributed by atoms with Gasteiger partial charge >= 0.3 is 0 Å². The van der Waals surface area contributed by atoms with Crippen LogP contribution in [-0.4, -0.2) is 11.5 Å². The van der Waals surface area contributed by atoms with Crippen LogP contribution in [0.3, 0.4) is 0 Å². The first-order valence-corrected chi connectivity index (χ1v) is 5.32. The Bertz CT molecular complexity index is 281. The molecule has 0 aliphatic carbocycles. The standard InChI is InChI=1S/C12H20N2/c1-5-13-12(9(2)3)11-8-6-7-10(4)14-11/h6-9,12-13H,5H2,1-4H3. The molecule has 0 radical (unpaired) electrons. The van der Waals surface area contributed by atoms with Crippen molar-refractivity contribution in [2.24, 2.45) is 5.92 Å². The predicted molar refractivity (Wildman–Crippen MR) is 60.2 cm³/mol. The lowest BCUT2D eigenvalue weighted by Gasteiger charge is -2.21. The van der Waals surface area contributed by atoms with Crippen LogP contribution >= 0.6 is 0 Å². The molecule has 0 fully saturated rings. The summed E-state index contributed by atoms with van der Waals surface area (Å²) in [7, 11) is 0. The Morgan fingerprint density at radius 3 is 2.57 bits per heavy atom. The van der Waals surface area contributed by atoms with Crippen LogP contribution in [0.1, 0.15) is 38.2 Å². The number of aromatic nitrogens is 1. The molecule has 1 aromatic rings. The summed E-state index contributed by atoms with van der Waals surface area (Å²) in [5.74, 6) is 0.573. The van der Waals surface area contributed by atoms with E-state index in [9.17, 15) is 0 Å². The molecule has 0 spiro atoms. The molecule has 1 unspecified atom stereocenters. The lowest BCUT2D eigenvalue weighted by molar-refractivity contribution is 0.412. The van der Waals surface area contributed by atoms with Crippen molar-refractivity contribution in [1.82, 2.24) is 10.3 Å². The zero-order valence-corrected chi connectivity index (χ0v) is 9.54. The van der Waals surface area contributed by atoms with E-state index >= 15 is 0 Å². The van der Waals surface area contributed by atoms with Crippen LogP contribution in [0.5, 0.6) is 0 Å². The zero-order valence-electron chi connectivity index (χ0n) is 9.54. The van der Waals surface area contributed by atoms with Crippen molar-refractivity contribution in [3.8, 4) is 0 Å². The molecule has 1 aromatic heterocycles. The first kappa shape index (κ1) is 11.2. The topological polar surface area (TPSA) is 24.9 Å². The lowest BCUT2D eigenvalue weighted by Crippen LogP contribution is -2.26. The van der Waals surface area contributed by atoms with Gasteiger partial charge in [0.25, 0.3) is 0 Å². The van der Waals surface area contributed by atoms with E-state index in [1.165, 1.54) is 0 Å². The molecule has 1 atom stereocenters. The fourth-order valence-electron chi connectivity index (χ4n) is 1.64. The van der Waals surface area contributed by atoms with Gasteiger partial charge in [0.2, 0.25) is 0 Å². The highest BCUT2D eigenvalue weighted by Gasteiger charge is 2.15. The van der Waals surface area contributed by atoms with Gasteiger partial charge in [-0.1, -0.05) is 26.8 Å². The number of rotatable bonds is 4. The molecule has 1 heterocycles. The molecule has 14 heavy (non-hydrogen) atoms. The van der Waals surface area contributed by atoms with Gasteiger partial charge in [-0.05, 0) is 31.5 Å². The van der Waals surface area contributed by atoms with Crippen molar-refractivity contribution in [2.45, 2.75) is 33.7 Å². The maximum atomic E-state index is 4.55. The van der Waals surface area contributed by atoms with Gasteiger partial charge in [-0.2, -0.15) is 0 Å². The van der Waals surface area contributed by atoms with E-state index in [4.69, 9.17) is 0 Å². The molecule has 0 bridgehead atoms. The van der Waals surface area contributed by atoms with Crippen LogP contribution < -0.4 is 5.32 Å². The molecule has 0 aliphatic rings. The van der Waals surface area contributed by atoms with E-state index in [1.807, 2.05) is 13.0 Å². The van der Waals surface area contributed by atoms with Crippen molar-refractivity contribution >= 4 is 0 Å². The smallest absolute Gasteiger partial charge is 0.0578 e. The van der Waals surface area contributed by atoms with Crippen LogP contribution in [0.25, 0.3) is 0 Å². The van der Waals surface area contributed by atoms with Crippen molar-refractivity contribution in [1.29, 1.82) is 0 Å². The summed E-state index contributed by atoms with van der Waals surface area (Å²) < 4.78 is 0. The maximum absolute atomic E-state index is 4.55. The summed E-state index contributed by atoms with van der Waals surface area (Å²) in [5.41, 5.74) is 2.24. The average Bonchev–Trinajstić information content (AvgIpc) is 2.13. The van der Waals surface area contributed by atoms with Gasteiger partial charge in [-0.15, -0.1) is 0 Å². The molecule has 0 saturated heterocycles. The van der Waals surface area contributed by atoms with Gasteiger partial charge in [-0.25, -0.2) is 0 Å². The second-order valence-corrected chi connectivity index (χ2v) is 3.98. The number of hydrogen-bond acceptors (Lipinski definition) is 2. The highest BCUT2D eigenvalue weighted by molar-refractivity contribution is 5.13. The Kier molecular flexibility index (Phi) is 4.08. The molecule has 78 valence electrons. The first-order chi connectivity index (χ1) is 6.65. The second-order valence-electron chi connectivity index (χ2n) is 3.98. The Morgan fingerprint density at radius 1 is 1.36 bits per heavy atom. The normalized spacial score (nSPS) is 13.2. The van der Waals surface area contributed by atoms with Gasteiger partial charge in [-0.3, -0.25) is 4.98 Å². The summed E-state index contributed by atoms with van der Waals surface area (Å²) in [6.07, 6.45) is 0. The molecule has 0 aliphatic heterocycles. The summed E-state index contributed by atoms with van der Waals surface area (Å²) in [5, 5.41) is 3.46. The molecule has 1 N–H and O–H groups in total. The van der Waals surface area contributed by atoms with Crippen LogP contribution in [0, 0.1) is 12.8 Å². The van der Waals surface area contributed by atoms with Crippen molar-refractivity contribution in [2.75, 3.05) is 6.54 Å². The Hall–Kier alpha value is -0.890. The molecule has 2 heteroatoms. The molecule has 0 amide bonds. The molecule has 2 nitrogen and oxygen atoms in total. The van der Waals surface area contributed by atoms with Crippen LogP contribution in [0.4, 0.5) is 0 Å². The Balaban J connectivity index is 2.87. The average molecular weight is 192 g/mol. The monoisotopic (exact) mass is 192 g/mol. The SMILES string of the molecule is CCNC(c1cccc(C)n1)C(C)C. The van der Waals surface area contributed by atoms with Gasteiger partial charge in [0.1, 0.15) is 0 Å². The summed E-state index contributed by atoms with van der Waals surface area (Å²) >= 11 is 0. The van der Waals surface area contributed by atoms with E-state index in [1.54, 1.807) is 0 Å². The fraction of sp³-hybridized carbons (Fsp3) is 0.583. The predicted octanol–water partition coefficient (Wildman–Crippen LogP) is 2.70. The molecule has 1 rings (SSSR count). The minimum absolute atomic E-state index is 0.375. The minimum Gasteiger partial charge on any atom is -0.309 e. The van der Waals surface area contributed by atoms with Gasteiger partial charge < -0.3 is 5.32 Å². The van der Waals surface area contributed by atoms with E-state index in [0.717, 1.165) is 17.9 Å². The molecular formula is C12H20N2. The number of hydrogen-bond donors (Lipinski definition) is 1. The Labute approximate surface area is 86.8 Å². The number of nitrogens with zero attached hydrogens (tertiary/aromatic N) is 1.